The summed E-state index contributed by atoms with van der Waals surface area (Å²) in [6, 6.07) is 18.5. The molecule has 0 radical (unpaired) electrons. The van der Waals surface area contributed by atoms with Crippen LogP contribution in [0.3, 0.4) is 0 Å². The van der Waals surface area contributed by atoms with Gasteiger partial charge in [-0.1, -0.05) is 60.2 Å². The van der Waals surface area contributed by atoms with Crippen LogP contribution in [0.2, 0.25) is 0 Å². The normalized spacial score (nSPS) is 15.8. The maximum absolute atomic E-state index is 13.3. The molecule has 30 heavy (non-hydrogen) atoms. The van der Waals surface area contributed by atoms with Crippen LogP contribution in [0.5, 0.6) is 0 Å². The standard InChI is InChI=1S/C24H29N5O/c1-19-7-9-20(10-8-19)11-12-21-13-15-28(16-14-21)24(30)23(29-18-25-26-27-29)17-22-5-3-2-4-6-22/h2-10,18,21,23H,11-17H2,1H3. The first-order valence-electron chi connectivity index (χ1n) is 10.8. The molecule has 1 saturated heterocycles. The van der Waals surface area contributed by atoms with Gasteiger partial charge in [-0.05, 0) is 60.1 Å². The molecule has 1 amide bonds. The Bertz CT molecular complexity index is 916. The second kappa shape index (κ2) is 9.65. The van der Waals surface area contributed by atoms with E-state index in [1.807, 2.05) is 35.2 Å². The summed E-state index contributed by atoms with van der Waals surface area (Å²) in [4.78, 5) is 15.3. The van der Waals surface area contributed by atoms with Gasteiger partial charge in [0, 0.05) is 19.5 Å². The van der Waals surface area contributed by atoms with Crippen molar-refractivity contribution in [1.29, 1.82) is 0 Å². The summed E-state index contributed by atoms with van der Waals surface area (Å²) in [6.45, 7) is 3.74. The highest BCUT2D eigenvalue weighted by atomic mass is 16.2. The molecule has 156 valence electrons. The van der Waals surface area contributed by atoms with Gasteiger partial charge in [-0.25, -0.2) is 4.68 Å². The monoisotopic (exact) mass is 403 g/mol. The van der Waals surface area contributed by atoms with E-state index in [0.29, 0.717) is 12.3 Å². The first kappa shape index (κ1) is 20.3. The third-order valence-corrected chi connectivity index (χ3v) is 6.13. The van der Waals surface area contributed by atoms with Gasteiger partial charge in [-0.15, -0.1) is 5.10 Å². The summed E-state index contributed by atoms with van der Waals surface area (Å²) in [5.74, 6) is 0.791. The van der Waals surface area contributed by atoms with Gasteiger partial charge < -0.3 is 4.90 Å². The van der Waals surface area contributed by atoms with E-state index in [4.69, 9.17) is 0 Å². The number of rotatable bonds is 7. The molecule has 3 aromatic rings. The minimum Gasteiger partial charge on any atom is -0.341 e. The lowest BCUT2D eigenvalue weighted by atomic mass is 9.90. The minimum atomic E-state index is -0.397. The van der Waals surface area contributed by atoms with E-state index >= 15 is 0 Å². The molecule has 1 aliphatic rings. The van der Waals surface area contributed by atoms with Crippen molar-refractivity contribution in [3.63, 3.8) is 0 Å². The molecule has 1 aliphatic heterocycles. The first-order chi connectivity index (χ1) is 14.7. The summed E-state index contributed by atoms with van der Waals surface area (Å²) < 4.78 is 1.60. The molecule has 2 heterocycles. The summed E-state index contributed by atoms with van der Waals surface area (Å²) >= 11 is 0. The minimum absolute atomic E-state index is 0.114. The molecule has 0 aliphatic carbocycles. The number of likely N-dealkylation sites (tertiary alicyclic amines) is 1. The zero-order valence-corrected chi connectivity index (χ0v) is 17.5. The Balaban J connectivity index is 1.34. The Morgan fingerprint density at radius 1 is 1.03 bits per heavy atom. The van der Waals surface area contributed by atoms with E-state index in [1.54, 1.807) is 11.0 Å². The average Bonchev–Trinajstić information content (AvgIpc) is 3.32. The summed E-state index contributed by atoms with van der Waals surface area (Å²) in [5.41, 5.74) is 3.82. The van der Waals surface area contributed by atoms with Crippen molar-refractivity contribution in [1.82, 2.24) is 25.1 Å². The lowest BCUT2D eigenvalue weighted by Gasteiger charge is -2.34. The molecule has 4 rings (SSSR count). The van der Waals surface area contributed by atoms with Crippen molar-refractivity contribution < 1.29 is 4.79 Å². The van der Waals surface area contributed by atoms with Gasteiger partial charge in [0.25, 0.3) is 0 Å². The topological polar surface area (TPSA) is 63.9 Å². The third kappa shape index (κ3) is 5.12. The predicted molar refractivity (Wildman–Crippen MR) is 116 cm³/mol. The van der Waals surface area contributed by atoms with Crippen LogP contribution in [0.4, 0.5) is 0 Å². The Morgan fingerprint density at radius 2 is 1.77 bits per heavy atom. The summed E-state index contributed by atoms with van der Waals surface area (Å²) in [6.07, 6.45) is 6.56. The highest BCUT2D eigenvalue weighted by Gasteiger charge is 2.30. The van der Waals surface area contributed by atoms with Crippen LogP contribution in [-0.2, 0) is 17.6 Å². The van der Waals surface area contributed by atoms with Crippen molar-refractivity contribution in [2.45, 2.75) is 45.1 Å². The molecule has 1 aromatic heterocycles. The van der Waals surface area contributed by atoms with Crippen molar-refractivity contribution in [2.24, 2.45) is 5.92 Å². The SMILES string of the molecule is Cc1ccc(CCC2CCN(C(=O)C(Cc3ccccc3)n3cnnn3)CC2)cc1. The Morgan fingerprint density at radius 3 is 2.43 bits per heavy atom. The average molecular weight is 404 g/mol. The number of amides is 1. The summed E-state index contributed by atoms with van der Waals surface area (Å²) in [5, 5.41) is 11.5. The van der Waals surface area contributed by atoms with Gasteiger partial charge in [0.2, 0.25) is 5.91 Å². The fourth-order valence-electron chi connectivity index (χ4n) is 4.22. The Labute approximate surface area is 177 Å². The molecule has 0 N–H and O–H groups in total. The van der Waals surface area contributed by atoms with Crippen LogP contribution in [-0.4, -0.2) is 44.1 Å². The highest BCUT2D eigenvalue weighted by molar-refractivity contribution is 5.80. The number of benzene rings is 2. The van der Waals surface area contributed by atoms with E-state index in [9.17, 15) is 4.79 Å². The zero-order valence-electron chi connectivity index (χ0n) is 17.5. The lowest BCUT2D eigenvalue weighted by molar-refractivity contribution is -0.136. The molecule has 2 aromatic carbocycles. The molecule has 0 bridgehead atoms. The van der Waals surface area contributed by atoms with Crippen LogP contribution in [0.15, 0.2) is 60.9 Å². The molecular formula is C24H29N5O. The fourth-order valence-corrected chi connectivity index (χ4v) is 4.22. The van der Waals surface area contributed by atoms with Crippen LogP contribution >= 0.6 is 0 Å². The fraction of sp³-hybridized carbons (Fsp3) is 0.417. The number of tetrazole rings is 1. The molecule has 1 atom stereocenters. The third-order valence-electron chi connectivity index (χ3n) is 6.13. The second-order valence-corrected chi connectivity index (χ2v) is 8.29. The van der Waals surface area contributed by atoms with Crippen molar-refractivity contribution in [2.75, 3.05) is 13.1 Å². The Hall–Kier alpha value is -3.02. The maximum atomic E-state index is 13.3. The lowest BCUT2D eigenvalue weighted by Crippen LogP contribution is -2.43. The smallest absolute Gasteiger partial charge is 0.247 e. The van der Waals surface area contributed by atoms with Crippen LogP contribution in [0.1, 0.15) is 42.0 Å². The molecule has 0 spiro atoms. The van der Waals surface area contributed by atoms with Crippen molar-refractivity contribution in [3.05, 3.63) is 77.6 Å². The number of hydrogen-bond donors (Lipinski definition) is 0. The number of aromatic nitrogens is 4. The Kier molecular flexibility index (Phi) is 6.52. The van der Waals surface area contributed by atoms with Gasteiger partial charge in [-0.2, -0.15) is 0 Å². The largest absolute Gasteiger partial charge is 0.341 e. The zero-order chi connectivity index (χ0) is 20.8. The van der Waals surface area contributed by atoms with E-state index in [1.165, 1.54) is 17.5 Å². The number of aryl methyl sites for hydroxylation is 2. The molecule has 1 fully saturated rings. The number of carbonyl (C=O) groups is 1. The van der Waals surface area contributed by atoms with Crippen LogP contribution in [0, 0.1) is 12.8 Å². The van der Waals surface area contributed by atoms with E-state index in [0.717, 1.165) is 37.9 Å². The van der Waals surface area contributed by atoms with Gasteiger partial charge in [0.05, 0.1) is 0 Å². The maximum Gasteiger partial charge on any atom is 0.247 e. The second-order valence-electron chi connectivity index (χ2n) is 8.29. The number of nitrogens with zero attached hydrogens (tertiary/aromatic N) is 5. The van der Waals surface area contributed by atoms with Gasteiger partial charge in [-0.3, -0.25) is 4.79 Å². The summed E-state index contributed by atoms with van der Waals surface area (Å²) in [7, 11) is 0. The predicted octanol–water partition coefficient (Wildman–Crippen LogP) is 3.64. The van der Waals surface area contributed by atoms with E-state index < -0.39 is 6.04 Å². The van der Waals surface area contributed by atoms with Crippen molar-refractivity contribution in [3.8, 4) is 0 Å². The van der Waals surface area contributed by atoms with Crippen molar-refractivity contribution >= 4 is 5.91 Å². The van der Waals surface area contributed by atoms with Crippen LogP contribution < -0.4 is 0 Å². The molecular weight excluding hydrogens is 374 g/mol. The number of piperidine rings is 1. The quantitative estimate of drug-likeness (QED) is 0.604. The number of hydrogen-bond acceptors (Lipinski definition) is 4. The molecule has 6 nitrogen and oxygen atoms in total. The molecule has 0 saturated carbocycles. The molecule has 1 unspecified atom stereocenters. The first-order valence-corrected chi connectivity index (χ1v) is 10.8. The van der Waals surface area contributed by atoms with Crippen LogP contribution in [0.25, 0.3) is 0 Å². The van der Waals surface area contributed by atoms with Gasteiger partial charge >= 0.3 is 0 Å². The van der Waals surface area contributed by atoms with E-state index in [2.05, 4.69) is 46.7 Å². The highest BCUT2D eigenvalue weighted by Crippen LogP contribution is 2.25. The van der Waals surface area contributed by atoms with Gasteiger partial charge in [0.15, 0.2) is 0 Å². The number of carbonyl (C=O) groups excluding carboxylic acids is 1. The molecule has 6 heteroatoms. The van der Waals surface area contributed by atoms with E-state index in [-0.39, 0.29) is 5.91 Å². The van der Waals surface area contributed by atoms with Gasteiger partial charge in [0.1, 0.15) is 12.4 Å².